The van der Waals surface area contributed by atoms with E-state index in [1.165, 1.54) is 0 Å². The molecule has 0 aliphatic carbocycles. The Morgan fingerprint density at radius 2 is 2.21 bits per heavy atom. The van der Waals surface area contributed by atoms with Crippen LogP contribution in [0.4, 0.5) is 4.79 Å². The lowest BCUT2D eigenvalue weighted by molar-refractivity contribution is -0.00805. The Bertz CT molecular complexity index is 682. The van der Waals surface area contributed by atoms with Crippen molar-refractivity contribution in [2.24, 2.45) is 12.0 Å². The molecule has 1 unspecified atom stereocenters. The van der Waals surface area contributed by atoms with E-state index >= 15 is 0 Å². The van der Waals surface area contributed by atoms with E-state index in [2.05, 4.69) is 15.3 Å². The third-order valence-corrected chi connectivity index (χ3v) is 4.46. The molecule has 9 nitrogen and oxygen atoms in total. The second kappa shape index (κ2) is 10.5. The van der Waals surface area contributed by atoms with Gasteiger partial charge in [-0.3, -0.25) is 9.67 Å². The summed E-state index contributed by atoms with van der Waals surface area (Å²) in [5.41, 5.74) is 0.563. The Labute approximate surface area is 174 Å². The van der Waals surface area contributed by atoms with E-state index < -0.39 is 5.60 Å². The molecule has 2 heterocycles. The van der Waals surface area contributed by atoms with Crippen LogP contribution in [0, 0.1) is 0 Å². The number of amides is 1. The van der Waals surface area contributed by atoms with Crippen molar-refractivity contribution in [3.8, 4) is 0 Å². The quantitative estimate of drug-likeness (QED) is 0.573. The molecule has 0 bridgehead atoms. The van der Waals surface area contributed by atoms with Crippen LogP contribution in [0.15, 0.2) is 17.4 Å². The van der Waals surface area contributed by atoms with Crippen LogP contribution in [-0.2, 0) is 16.5 Å². The van der Waals surface area contributed by atoms with Gasteiger partial charge in [0, 0.05) is 45.0 Å². The summed E-state index contributed by atoms with van der Waals surface area (Å²) in [6.07, 6.45) is 3.49. The molecule has 0 radical (unpaired) electrons. The van der Waals surface area contributed by atoms with Crippen molar-refractivity contribution in [1.29, 1.82) is 0 Å². The van der Waals surface area contributed by atoms with Gasteiger partial charge in [-0.15, -0.1) is 0 Å². The number of guanidine groups is 1. The van der Waals surface area contributed by atoms with Crippen molar-refractivity contribution < 1.29 is 14.3 Å². The minimum absolute atomic E-state index is 0.0322. The highest BCUT2D eigenvalue weighted by Gasteiger charge is 2.25. The Hall–Kier alpha value is -2.29. The lowest BCUT2D eigenvalue weighted by Crippen LogP contribution is -2.48. The summed E-state index contributed by atoms with van der Waals surface area (Å²) in [5, 5.41) is 7.59. The molecule has 1 atom stereocenters. The maximum atomic E-state index is 12.3. The molecule has 1 fully saturated rings. The fourth-order valence-electron chi connectivity index (χ4n) is 3.06. The third-order valence-electron chi connectivity index (χ3n) is 4.46. The number of likely N-dealkylation sites (N-methyl/N-ethyl adjacent to an activating group) is 1. The van der Waals surface area contributed by atoms with E-state index in [4.69, 9.17) is 14.5 Å². The van der Waals surface area contributed by atoms with Gasteiger partial charge in [-0.2, -0.15) is 5.10 Å². The molecule has 29 heavy (non-hydrogen) atoms. The zero-order valence-corrected chi connectivity index (χ0v) is 18.6. The number of hydrogen-bond donors (Lipinski definition) is 1. The maximum absolute atomic E-state index is 12.3. The van der Waals surface area contributed by atoms with Gasteiger partial charge in [-0.05, 0) is 34.6 Å². The van der Waals surface area contributed by atoms with Crippen molar-refractivity contribution in [1.82, 2.24) is 24.9 Å². The number of carbonyl (C=O) groups is 1. The summed E-state index contributed by atoms with van der Waals surface area (Å²) in [4.78, 5) is 20.9. The molecule has 164 valence electrons. The van der Waals surface area contributed by atoms with E-state index in [0.717, 1.165) is 24.6 Å². The van der Waals surface area contributed by atoms with Gasteiger partial charge in [-0.25, -0.2) is 4.79 Å². The molecule has 1 amide bonds. The van der Waals surface area contributed by atoms with Gasteiger partial charge in [0.2, 0.25) is 0 Å². The van der Waals surface area contributed by atoms with Crippen molar-refractivity contribution in [2.75, 3.05) is 45.9 Å². The van der Waals surface area contributed by atoms with Crippen LogP contribution < -0.4 is 5.32 Å². The molecular formula is C20H36N6O3. The first-order valence-corrected chi connectivity index (χ1v) is 10.3. The smallest absolute Gasteiger partial charge is 0.410 e. The SMILES string of the molecule is CCNC(=NCCN(CC)C(=O)OC(C)(C)C)N1CCOC(c2cnn(C)c2)C1. The lowest BCUT2D eigenvalue weighted by Gasteiger charge is -2.35. The first-order valence-electron chi connectivity index (χ1n) is 10.3. The Kier molecular flexibility index (Phi) is 8.31. The van der Waals surface area contributed by atoms with Gasteiger partial charge in [0.05, 0.1) is 25.9 Å². The van der Waals surface area contributed by atoms with E-state index in [0.29, 0.717) is 32.8 Å². The largest absolute Gasteiger partial charge is 0.444 e. The molecule has 0 saturated carbocycles. The van der Waals surface area contributed by atoms with E-state index in [-0.39, 0.29) is 12.2 Å². The van der Waals surface area contributed by atoms with Crippen LogP contribution in [0.3, 0.4) is 0 Å². The summed E-state index contributed by atoms with van der Waals surface area (Å²) < 4.78 is 13.2. The van der Waals surface area contributed by atoms with Crippen LogP contribution in [0.25, 0.3) is 0 Å². The number of hydrogen-bond acceptors (Lipinski definition) is 5. The second-order valence-electron chi connectivity index (χ2n) is 8.05. The maximum Gasteiger partial charge on any atom is 0.410 e. The molecule has 1 aromatic rings. The standard InChI is InChI=1S/C20H36N6O3/c1-7-21-18(22-9-10-25(8-2)19(27)29-20(3,4)5)26-11-12-28-17(15-26)16-13-23-24(6)14-16/h13-14,17H,7-12,15H2,1-6H3,(H,21,22). The fraction of sp³-hybridized carbons (Fsp3) is 0.750. The Morgan fingerprint density at radius 3 is 2.79 bits per heavy atom. The predicted octanol–water partition coefficient (Wildman–Crippen LogP) is 2.02. The average molecular weight is 409 g/mol. The van der Waals surface area contributed by atoms with Crippen molar-refractivity contribution >= 4 is 12.1 Å². The number of morpholine rings is 1. The number of nitrogens with one attached hydrogen (secondary N) is 1. The monoisotopic (exact) mass is 408 g/mol. The van der Waals surface area contributed by atoms with Crippen LogP contribution >= 0.6 is 0 Å². The molecule has 0 aromatic carbocycles. The summed E-state index contributed by atoms with van der Waals surface area (Å²) in [6, 6.07) is 0. The van der Waals surface area contributed by atoms with Crippen LogP contribution in [0.2, 0.25) is 0 Å². The first-order chi connectivity index (χ1) is 13.7. The fourth-order valence-corrected chi connectivity index (χ4v) is 3.06. The summed E-state index contributed by atoms with van der Waals surface area (Å²) in [5.74, 6) is 0.838. The minimum atomic E-state index is -0.502. The lowest BCUT2D eigenvalue weighted by atomic mass is 10.1. The number of nitrogens with zero attached hydrogens (tertiary/aromatic N) is 5. The van der Waals surface area contributed by atoms with E-state index in [1.54, 1.807) is 9.58 Å². The summed E-state index contributed by atoms with van der Waals surface area (Å²) in [7, 11) is 1.90. The van der Waals surface area contributed by atoms with Crippen molar-refractivity contribution in [2.45, 2.75) is 46.3 Å². The number of aromatic nitrogens is 2. The molecule has 1 N–H and O–H groups in total. The highest BCUT2D eigenvalue weighted by molar-refractivity contribution is 5.80. The molecule has 9 heteroatoms. The van der Waals surface area contributed by atoms with Crippen LogP contribution in [0.5, 0.6) is 0 Å². The topological polar surface area (TPSA) is 84.2 Å². The minimum Gasteiger partial charge on any atom is -0.444 e. The van der Waals surface area contributed by atoms with E-state index in [1.807, 2.05) is 54.1 Å². The first kappa shape index (κ1) is 23.0. The predicted molar refractivity (Wildman–Crippen MR) is 113 cm³/mol. The Morgan fingerprint density at radius 1 is 1.45 bits per heavy atom. The van der Waals surface area contributed by atoms with Crippen molar-refractivity contribution in [3.63, 3.8) is 0 Å². The Balaban J connectivity index is 1.98. The van der Waals surface area contributed by atoms with Gasteiger partial charge >= 0.3 is 6.09 Å². The van der Waals surface area contributed by atoms with Gasteiger partial charge in [0.1, 0.15) is 11.7 Å². The molecule has 2 rings (SSSR count). The summed E-state index contributed by atoms with van der Waals surface area (Å²) >= 11 is 0. The van der Waals surface area contributed by atoms with Gasteiger partial charge < -0.3 is 24.6 Å². The van der Waals surface area contributed by atoms with Gasteiger partial charge in [0.15, 0.2) is 5.96 Å². The molecular weight excluding hydrogens is 372 g/mol. The number of carbonyl (C=O) groups excluding carboxylic acids is 1. The average Bonchev–Trinajstić information content (AvgIpc) is 3.09. The third kappa shape index (κ3) is 7.23. The number of aryl methyl sites for hydroxylation is 1. The van der Waals surface area contributed by atoms with Gasteiger partial charge in [0.25, 0.3) is 0 Å². The van der Waals surface area contributed by atoms with E-state index in [9.17, 15) is 4.79 Å². The highest BCUT2D eigenvalue weighted by Crippen LogP contribution is 2.21. The molecule has 1 aromatic heterocycles. The molecule has 1 aliphatic heterocycles. The number of aliphatic imine (C=N–C) groups is 1. The zero-order valence-electron chi connectivity index (χ0n) is 18.6. The zero-order chi connectivity index (χ0) is 21.4. The number of ether oxygens (including phenoxy) is 2. The molecule has 1 saturated heterocycles. The van der Waals surface area contributed by atoms with Gasteiger partial charge in [-0.1, -0.05) is 0 Å². The normalized spacial score (nSPS) is 17.9. The summed E-state index contributed by atoms with van der Waals surface area (Å²) in [6.45, 7) is 14.1. The highest BCUT2D eigenvalue weighted by atomic mass is 16.6. The van der Waals surface area contributed by atoms with Crippen molar-refractivity contribution in [3.05, 3.63) is 18.0 Å². The second-order valence-corrected chi connectivity index (χ2v) is 8.05. The van der Waals surface area contributed by atoms with Crippen LogP contribution in [-0.4, -0.2) is 83.1 Å². The molecule has 0 spiro atoms. The molecule has 1 aliphatic rings. The number of rotatable bonds is 6. The van der Waals surface area contributed by atoms with Crippen LogP contribution in [0.1, 0.15) is 46.3 Å².